The number of rotatable bonds is 6. The largest absolute Gasteiger partial charge is 0.467 e. The zero-order valence-electron chi connectivity index (χ0n) is 12.7. The van der Waals surface area contributed by atoms with E-state index in [1.165, 1.54) is 0 Å². The highest BCUT2D eigenvalue weighted by molar-refractivity contribution is 5.96. The summed E-state index contributed by atoms with van der Waals surface area (Å²) in [6.07, 6.45) is 1.54. The second-order valence-electron chi connectivity index (χ2n) is 4.65. The number of amides is 2. The fourth-order valence-corrected chi connectivity index (χ4v) is 2.02. The minimum atomic E-state index is -0.342. The van der Waals surface area contributed by atoms with Gasteiger partial charge in [0.2, 0.25) is 0 Å². The van der Waals surface area contributed by atoms with E-state index < -0.39 is 0 Å². The second kappa shape index (κ2) is 7.40. The van der Waals surface area contributed by atoms with Crippen LogP contribution < -0.4 is 5.32 Å². The molecular weight excluding hydrogens is 282 g/mol. The average Bonchev–Trinajstić information content (AvgIpc) is 3.07. The third-order valence-corrected chi connectivity index (χ3v) is 3.25. The summed E-state index contributed by atoms with van der Waals surface area (Å²) in [6, 6.07) is 8.38. The topological polar surface area (TPSA) is 75.4 Å². The van der Waals surface area contributed by atoms with Crippen molar-refractivity contribution in [3.63, 3.8) is 0 Å². The van der Waals surface area contributed by atoms with Crippen molar-refractivity contribution in [1.82, 2.24) is 15.2 Å². The SMILES string of the molecule is CCN(CC)C(=O)c1cccc(C(=O)NCc2ccco2)n1. The number of nitrogens with zero attached hydrogens (tertiary/aromatic N) is 2. The molecule has 0 unspecified atom stereocenters. The van der Waals surface area contributed by atoms with Crippen molar-refractivity contribution >= 4 is 11.8 Å². The van der Waals surface area contributed by atoms with Crippen molar-refractivity contribution in [2.45, 2.75) is 20.4 Å². The molecule has 2 aromatic heterocycles. The second-order valence-corrected chi connectivity index (χ2v) is 4.65. The summed E-state index contributed by atoms with van der Waals surface area (Å²) in [7, 11) is 0. The van der Waals surface area contributed by atoms with Gasteiger partial charge in [-0.2, -0.15) is 0 Å². The Kier molecular flexibility index (Phi) is 5.30. The lowest BCUT2D eigenvalue weighted by Crippen LogP contribution is -2.32. The van der Waals surface area contributed by atoms with Crippen LogP contribution in [0.15, 0.2) is 41.0 Å². The van der Waals surface area contributed by atoms with Crippen LogP contribution in [0.5, 0.6) is 0 Å². The first-order valence-electron chi connectivity index (χ1n) is 7.22. The van der Waals surface area contributed by atoms with E-state index in [-0.39, 0.29) is 29.7 Å². The molecule has 2 aromatic rings. The zero-order valence-corrected chi connectivity index (χ0v) is 12.7. The van der Waals surface area contributed by atoms with Crippen molar-refractivity contribution in [3.8, 4) is 0 Å². The number of hydrogen-bond acceptors (Lipinski definition) is 4. The molecule has 2 rings (SSSR count). The maximum absolute atomic E-state index is 12.2. The van der Waals surface area contributed by atoms with Crippen molar-refractivity contribution in [2.75, 3.05) is 13.1 Å². The van der Waals surface area contributed by atoms with Gasteiger partial charge < -0.3 is 14.6 Å². The molecule has 0 aliphatic carbocycles. The highest BCUT2D eigenvalue weighted by Crippen LogP contribution is 2.05. The molecule has 0 aliphatic rings. The van der Waals surface area contributed by atoms with Crippen LogP contribution in [0, 0.1) is 0 Å². The van der Waals surface area contributed by atoms with E-state index in [9.17, 15) is 9.59 Å². The molecule has 22 heavy (non-hydrogen) atoms. The Labute approximate surface area is 129 Å². The summed E-state index contributed by atoms with van der Waals surface area (Å²) in [5.74, 6) is 0.139. The number of carbonyl (C=O) groups is 2. The van der Waals surface area contributed by atoms with Crippen LogP contribution in [0.1, 0.15) is 40.6 Å². The third-order valence-electron chi connectivity index (χ3n) is 3.25. The standard InChI is InChI=1S/C16H19N3O3/c1-3-19(4-2)16(21)14-9-5-8-13(18-14)15(20)17-11-12-7-6-10-22-12/h5-10H,3-4,11H2,1-2H3,(H,17,20). The highest BCUT2D eigenvalue weighted by atomic mass is 16.3. The van der Waals surface area contributed by atoms with E-state index in [1.807, 2.05) is 13.8 Å². The van der Waals surface area contributed by atoms with E-state index >= 15 is 0 Å². The van der Waals surface area contributed by atoms with Gasteiger partial charge >= 0.3 is 0 Å². The third kappa shape index (κ3) is 3.72. The lowest BCUT2D eigenvalue weighted by Gasteiger charge is -2.18. The Balaban J connectivity index is 2.07. The van der Waals surface area contributed by atoms with Gasteiger partial charge in [-0.3, -0.25) is 9.59 Å². The van der Waals surface area contributed by atoms with Crippen molar-refractivity contribution < 1.29 is 14.0 Å². The molecule has 6 nitrogen and oxygen atoms in total. The Hall–Kier alpha value is -2.63. The van der Waals surface area contributed by atoms with E-state index in [4.69, 9.17) is 4.42 Å². The van der Waals surface area contributed by atoms with E-state index in [0.717, 1.165) is 0 Å². The number of hydrogen-bond donors (Lipinski definition) is 1. The Bertz CT molecular complexity index is 634. The molecule has 0 fully saturated rings. The number of carbonyl (C=O) groups excluding carboxylic acids is 2. The lowest BCUT2D eigenvalue weighted by atomic mass is 10.2. The lowest BCUT2D eigenvalue weighted by molar-refractivity contribution is 0.0767. The fraction of sp³-hybridized carbons (Fsp3) is 0.312. The number of nitrogens with one attached hydrogen (secondary N) is 1. The molecule has 0 aromatic carbocycles. The molecule has 0 spiro atoms. The normalized spacial score (nSPS) is 10.3. The summed E-state index contributed by atoms with van der Waals surface area (Å²) < 4.78 is 5.15. The van der Waals surface area contributed by atoms with Crippen molar-refractivity contribution in [1.29, 1.82) is 0 Å². The van der Waals surface area contributed by atoms with Crippen LogP contribution in [0.3, 0.4) is 0 Å². The van der Waals surface area contributed by atoms with Crippen LogP contribution in [-0.4, -0.2) is 34.8 Å². The minimum absolute atomic E-state index is 0.175. The number of aromatic nitrogens is 1. The van der Waals surface area contributed by atoms with Gasteiger partial charge in [-0.25, -0.2) is 4.98 Å². The summed E-state index contributed by atoms with van der Waals surface area (Å²) in [5, 5.41) is 2.70. The maximum atomic E-state index is 12.2. The predicted octanol–water partition coefficient (Wildman–Crippen LogP) is 2.09. The first-order chi connectivity index (χ1) is 10.7. The first kappa shape index (κ1) is 15.8. The minimum Gasteiger partial charge on any atom is -0.467 e. The van der Waals surface area contributed by atoms with Gasteiger partial charge in [0.05, 0.1) is 12.8 Å². The molecule has 0 radical (unpaired) electrons. The molecular formula is C16H19N3O3. The highest BCUT2D eigenvalue weighted by Gasteiger charge is 2.16. The molecule has 0 bridgehead atoms. The van der Waals surface area contributed by atoms with Crippen LogP contribution in [0.4, 0.5) is 0 Å². The van der Waals surface area contributed by atoms with E-state index in [2.05, 4.69) is 10.3 Å². The monoisotopic (exact) mass is 301 g/mol. The summed E-state index contributed by atoms with van der Waals surface area (Å²) in [5.41, 5.74) is 0.485. The molecule has 0 saturated heterocycles. The summed E-state index contributed by atoms with van der Waals surface area (Å²) >= 11 is 0. The van der Waals surface area contributed by atoms with Crippen LogP contribution in [0.2, 0.25) is 0 Å². The zero-order chi connectivity index (χ0) is 15.9. The van der Waals surface area contributed by atoms with Gasteiger partial charge in [0.1, 0.15) is 17.1 Å². The summed E-state index contributed by atoms with van der Waals surface area (Å²) in [4.78, 5) is 30.1. The molecule has 6 heteroatoms. The molecule has 0 aliphatic heterocycles. The average molecular weight is 301 g/mol. The maximum Gasteiger partial charge on any atom is 0.272 e. The van der Waals surface area contributed by atoms with Crippen LogP contribution >= 0.6 is 0 Å². The molecule has 1 N–H and O–H groups in total. The van der Waals surface area contributed by atoms with Crippen molar-refractivity contribution in [2.24, 2.45) is 0 Å². The number of furan rings is 1. The first-order valence-corrected chi connectivity index (χ1v) is 7.22. The van der Waals surface area contributed by atoms with Gasteiger partial charge in [0, 0.05) is 13.1 Å². The molecule has 2 heterocycles. The van der Waals surface area contributed by atoms with Crippen LogP contribution in [-0.2, 0) is 6.54 Å². The Morgan fingerprint density at radius 1 is 1.14 bits per heavy atom. The van der Waals surface area contributed by atoms with Crippen molar-refractivity contribution in [3.05, 3.63) is 53.7 Å². The fourth-order valence-electron chi connectivity index (χ4n) is 2.02. The van der Waals surface area contributed by atoms with Crippen LogP contribution in [0.25, 0.3) is 0 Å². The molecule has 0 saturated carbocycles. The smallest absolute Gasteiger partial charge is 0.272 e. The van der Waals surface area contributed by atoms with E-state index in [1.54, 1.807) is 41.5 Å². The van der Waals surface area contributed by atoms with Gasteiger partial charge in [-0.1, -0.05) is 6.07 Å². The van der Waals surface area contributed by atoms with Gasteiger partial charge in [0.15, 0.2) is 0 Å². The van der Waals surface area contributed by atoms with Gasteiger partial charge in [-0.15, -0.1) is 0 Å². The predicted molar refractivity (Wildman–Crippen MR) is 81.4 cm³/mol. The quantitative estimate of drug-likeness (QED) is 0.886. The van der Waals surface area contributed by atoms with E-state index in [0.29, 0.717) is 18.8 Å². The number of pyridine rings is 1. The molecule has 116 valence electrons. The Morgan fingerprint density at radius 2 is 1.86 bits per heavy atom. The molecule has 2 amide bonds. The van der Waals surface area contributed by atoms with Gasteiger partial charge in [0.25, 0.3) is 11.8 Å². The Morgan fingerprint density at radius 3 is 2.50 bits per heavy atom. The summed E-state index contributed by atoms with van der Waals surface area (Å²) in [6.45, 7) is 5.29. The van der Waals surface area contributed by atoms with Gasteiger partial charge in [-0.05, 0) is 38.1 Å². The molecule has 0 atom stereocenters.